The molecule has 1 saturated carbocycles. The van der Waals surface area contributed by atoms with Gasteiger partial charge in [-0.05, 0) is 73.5 Å². The Bertz CT molecular complexity index is 846. The van der Waals surface area contributed by atoms with Crippen LogP contribution in [-0.4, -0.2) is 11.6 Å². The summed E-state index contributed by atoms with van der Waals surface area (Å²) in [7, 11) is 0. The van der Waals surface area contributed by atoms with Gasteiger partial charge < -0.3 is 10.5 Å². The van der Waals surface area contributed by atoms with Crippen molar-refractivity contribution in [2.75, 3.05) is 12.3 Å². The fourth-order valence-electron chi connectivity index (χ4n) is 2.66. The van der Waals surface area contributed by atoms with Gasteiger partial charge >= 0.3 is 0 Å². The van der Waals surface area contributed by atoms with Crippen molar-refractivity contribution in [3.63, 3.8) is 0 Å². The smallest absolute Gasteiger partial charge is 0.0739 e. The first kappa shape index (κ1) is 18.7. The Labute approximate surface area is 171 Å². The van der Waals surface area contributed by atoms with E-state index in [-0.39, 0.29) is 5.41 Å². The first-order valence-electron chi connectivity index (χ1n) is 8.17. The Kier molecular flexibility index (Phi) is 5.71. The van der Waals surface area contributed by atoms with E-state index in [1.165, 1.54) is 0 Å². The highest BCUT2D eigenvalue weighted by Gasteiger charge is 2.41. The van der Waals surface area contributed by atoms with Gasteiger partial charge in [-0.3, -0.25) is 4.98 Å². The van der Waals surface area contributed by atoms with Crippen molar-refractivity contribution in [2.45, 2.75) is 33.3 Å². The van der Waals surface area contributed by atoms with Crippen molar-refractivity contribution in [1.82, 2.24) is 4.98 Å². The molecule has 3 rings (SSSR count). The highest BCUT2D eigenvalue weighted by atomic mass is 127. The Balaban J connectivity index is 1.64. The Morgan fingerprint density at radius 1 is 1.28 bits per heavy atom. The summed E-state index contributed by atoms with van der Waals surface area (Å²) in [6.45, 7) is 5.19. The van der Waals surface area contributed by atoms with Gasteiger partial charge in [0.15, 0.2) is 0 Å². The molecule has 0 spiro atoms. The number of nitrogens with two attached hydrogens (primary N) is 1. The second-order valence-electron chi connectivity index (χ2n) is 6.59. The maximum atomic E-state index is 5.99. The van der Waals surface area contributed by atoms with Gasteiger partial charge in [-0.2, -0.15) is 0 Å². The highest BCUT2D eigenvalue weighted by Crippen LogP contribution is 2.45. The molecule has 0 unspecified atom stereocenters. The number of rotatable bonds is 4. The minimum atomic E-state index is 0.00329. The van der Waals surface area contributed by atoms with Crippen LogP contribution in [0.1, 0.15) is 35.4 Å². The zero-order valence-corrected chi connectivity index (χ0v) is 18.1. The van der Waals surface area contributed by atoms with Gasteiger partial charge in [0.05, 0.1) is 18.6 Å². The zero-order chi connectivity index (χ0) is 18.0. The van der Waals surface area contributed by atoms with Gasteiger partial charge in [0.2, 0.25) is 0 Å². The van der Waals surface area contributed by atoms with Crippen LogP contribution < -0.4 is 5.73 Å². The van der Waals surface area contributed by atoms with Crippen molar-refractivity contribution in [3.8, 4) is 11.8 Å². The van der Waals surface area contributed by atoms with E-state index in [2.05, 4.69) is 55.3 Å². The van der Waals surface area contributed by atoms with Gasteiger partial charge in [-0.1, -0.05) is 27.8 Å². The first-order chi connectivity index (χ1) is 11.9. The molecule has 2 N–H and O–H groups in total. The van der Waals surface area contributed by atoms with Crippen LogP contribution in [0.25, 0.3) is 0 Å². The summed E-state index contributed by atoms with van der Waals surface area (Å²) in [5.74, 6) is 6.74. The third-order valence-corrected chi connectivity index (χ3v) is 6.26. The number of anilines is 1. The summed E-state index contributed by atoms with van der Waals surface area (Å²) in [4.78, 5) is 4.39. The van der Waals surface area contributed by atoms with E-state index >= 15 is 0 Å². The maximum Gasteiger partial charge on any atom is 0.0739 e. The average Bonchev–Trinajstić information content (AvgIpc) is 3.32. The molecule has 5 heteroatoms. The van der Waals surface area contributed by atoms with Gasteiger partial charge in [-0.25, -0.2) is 0 Å². The molecule has 25 heavy (non-hydrogen) atoms. The molecule has 0 radical (unpaired) electrons. The molecular weight excluding hydrogens is 491 g/mol. The predicted octanol–water partition coefficient (Wildman–Crippen LogP) is 5.00. The summed E-state index contributed by atoms with van der Waals surface area (Å²) in [6.07, 6.45) is 2.19. The number of aryl methyl sites for hydroxylation is 2. The number of halogens is 2. The topological polar surface area (TPSA) is 48.1 Å². The zero-order valence-electron chi connectivity index (χ0n) is 14.3. The molecule has 0 bridgehead atoms. The molecule has 130 valence electrons. The number of ether oxygens (including phenoxy) is 1. The third kappa shape index (κ3) is 4.75. The molecule has 0 saturated heterocycles. The molecule has 0 amide bonds. The van der Waals surface area contributed by atoms with Crippen LogP contribution in [0, 0.1) is 34.7 Å². The summed E-state index contributed by atoms with van der Waals surface area (Å²) >= 11 is 5.85. The van der Waals surface area contributed by atoms with E-state index in [1.807, 2.05) is 38.1 Å². The lowest BCUT2D eigenvalue weighted by molar-refractivity contribution is 0.0945. The maximum absolute atomic E-state index is 5.99. The molecule has 1 heterocycles. The Morgan fingerprint density at radius 3 is 2.60 bits per heavy atom. The summed E-state index contributed by atoms with van der Waals surface area (Å²) in [5, 5.41) is 0. The van der Waals surface area contributed by atoms with E-state index in [0.717, 1.165) is 49.1 Å². The van der Waals surface area contributed by atoms with E-state index in [9.17, 15) is 0 Å². The largest absolute Gasteiger partial charge is 0.398 e. The summed E-state index contributed by atoms with van der Waals surface area (Å²) in [5.41, 5.74) is 10.9. The summed E-state index contributed by atoms with van der Waals surface area (Å²) in [6, 6.07) is 7.94. The lowest BCUT2D eigenvalue weighted by Gasteiger charge is -2.13. The molecule has 1 aliphatic rings. The second-order valence-corrected chi connectivity index (χ2v) is 8.52. The number of hydrogen-bond acceptors (Lipinski definition) is 3. The first-order valence-corrected chi connectivity index (χ1v) is 10.0. The van der Waals surface area contributed by atoms with Crippen molar-refractivity contribution < 1.29 is 4.74 Å². The number of benzene rings is 1. The molecular formula is C20H20BrIN2O. The van der Waals surface area contributed by atoms with E-state index in [0.29, 0.717) is 13.2 Å². The highest BCUT2D eigenvalue weighted by molar-refractivity contribution is 14.1. The second kappa shape index (κ2) is 7.65. The minimum absolute atomic E-state index is 0.00329. The van der Waals surface area contributed by atoms with Crippen molar-refractivity contribution in [2.24, 2.45) is 5.41 Å². The monoisotopic (exact) mass is 510 g/mol. The molecule has 0 aliphatic heterocycles. The van der Waals surface area contributed by atoms with Crippen LogP contribution in [0.3, 0.4) is 0 Å². The van der Waals surface area contributed by atoms with Crippen molar-refractivity contribution in [3.05, 3.63) is 54.8 Å². The molecule has 1 aromatic heterocycles. The molecule has 1 aromatic carbocycles. The van der Waals surface area contributed by atoms with Crippen LogP contribution in [0.15, 0.2) is 28.7 Å². The van der Waals surface area contributed by atoms with E-state index < -0.39 is 0 Å². The van der Waals surface area contributed by atoms with Gasteiger partial charge in [-0.15, -0.1) is 0 Å². The molecule has 2 aromatic rings. The predicted molar refractivity (Wildman–Crippen MR) is 113 cm³/mol. The molecule has 0 atom stereocenters. The normalized spacial score (nSPS) is 14.7. The van der Waals surface area contributed by atoms with Crippen LogP contribution in [-0.2, 0) is 11.3 Å². The van der Waals surface area contributed by atoms with Crippen molar-refractivity contribution in [1.29, 1.82) is 0 Å². The standard InChI is InChI=1S/C20H20BrIN2O/c1-13-9-15(10-14(2)24-13)5-6-20(7-8-20)12-25-11-16-17(21)3-4-18(23)19(16)22/h3-4,9-10H,7-8,11-12,23H2,1-2H3. The molecule has 1 fully saturated rings. The summed E-state index contributed by atoms with van der Waals surface area (Å²) < 4.78 is 8.07. The molecule has 3 nitrogen and oxygen atoms in total. The van der Waals surface area contributed by atoms with Crippen LogP contribution in [0.2, 0.25) is 0 Å². The number of hydrogen-bond donors (Lipinski definition) is 1. The van der Waals surface area contributed by atoms with Gasteiger partial charge in [0.1, 0.15) is 0 Å². The number of pyridine rings is 1. The third-order valence-electron chi connectivity index (χ3n) is 4.25. The van der Waals surface area contributed by atoms with Gasteiger partial charge in [0, 0.05) is 36.2 Å². The van der Waals surface area contributed by atoms with Crippen LogP contribution >= 0.6 is 38.5 Å². The number of aromatic nitrogens is 1. The quantitative estimate of drug-likeness (QED) is 0.358. The lowest BCUT2D eigenvalue weighted by Crippen LogP contribution is -2.09. The van der Waals surface area contributed by atoms with E-state index in [4.69, 9.17) is 10.5 Å². The lowest BCUT2D eigenvalue weighted by atomic mass is 10.1. The number of nitrogens with zero attached hydrogens (tertiary/aromatic N) is 1. The van der Waals surface area contributed by atoms with Crippen LogP contribution in [0.5, 0.6) is 0 Å². The Hall–Kier alpha value is -1.10. The minimum Gasteiger partial charge on any atom is -0.398 e. The van der Waals surface area contributed by atoms with Crippen LogP contribution in [0.4, 0.5) is 5.69 Å². The van der Waals surface area contributed by atoms with Crippen molar-refractivity contribution >= 4 is 44.2 Å². The number of nitrogen functional groups attached to an aromatic ring is 1. The SMILES string of the molecule is Cc1cc(C#CC2(COCc3c(Br)ccc(N)c3I)CC2)cc(C)n1. The Morgan fingerprint density at radius 2 is 1.96 bits per heavy atom. The average molecular weight is 511 g/mol. The molecule has 1 aliphatic carbocycles. The fourth-order valence-corrected chi connectivity index (χ4v) is 4.11. The van der Waals surface area contributed by atoms with E-state index in [1.54, 1.807) is 0 Å². The van der Waals surface area contributed by atoms with Gasteiger partial charge in [0.25, 0.3) is 0 Å². The fraction of sp³-hybridized carbons (Fsp3) is 0.350.